The summed E-state index contributed by atoms with van der Waals surface area (Å²) < 4.78 is 81.1. The van der Waals surface area contributed by atoms with E-state index in [1.165, 1.54) is 0 Å². The lowest BCUT2D eigenvalue weighted by molar-refractivity contribution is 0.102. The van der Waals surface area contributed by atoms with Gasteiger partial charge in [0.2, 0.25) is 15.0 Å². The van der Waals surface area contributed by atoms with E-state index >= 15 is 0 Å². The highest BCUT2D eigenvalue weighted by atomic mass is 32.2. The largest absolute Gasteiger partial charge is 0.317 e. The predicted octanol–water partition coefficient (Wildman–Crippen LogP) is 3.87. The summed E-state index contributed by atoms with van der Waals surface area (Å²) in [7, 11) is -4.31. The molecule has 1 aliphatic heterocycles. The molecule has 1 N–H and O–H groups in total. The summed E-state index contributed by atoms with van der Waals surface area (Å²) in [5, 5.41) is 9.90. The molecule has 0 bridgehead atoms. The molecular formula is C19H14F4N4O3S2. The maximum absolute atomic E-state index is 14.1. The fourth-order valence-electron chi connectivity index (χ4n) is 3.31. The van der Waals surface area contributed by atoms with Crippen molar-refractivity contribution in [2.75, 3.05) is 11.9 Å². The van der Waals surface area contributed by atoms with E-state index in [9.17, 15) is 30.8 Å². The predicted molar refractivity (Wildman–Crippen MR) is 106 cm³/mol. The van der Waals surface area contributed by atoms with Crippen molar-refractivity contribution in [3.63, 3.8) is 0 Å². The molecule has 1 atom stereocenters. The van der Waals surface area contributed by atoms with Crippen LogP contribution in [0, 0.1) is 23.3 Å². The quantitative estimate of drug-likeness (QED) is 0.553. The van der Waals surface area contributed by atoms with Gasteiger partial charge in [0.1, 0.15) is 33.2 Å². The number of aromatic nitrogens is 2. The monoisotopic (exact) mass is 486 g/mol. The van der Waals surface area contributed by atoms with Gasteiger partial charge in [-0.2, -0.15) is 4.31 Å². The molecule has 1 aromatic heterocycles. The van der Waals surface area contributed by atoms with Gasteiger partial charge >= 0.3 is 0 Å². The van der Waals surface area contributed by atoms with Crippen LogP contribution in [0.25, 0.3) is 0 Å². The topological polar surface area (TPSA) is 92.3 Å². The Kier molecular flexibility index (Phi) is 5.97. The fraction of sp³-hybridized carbons (Fsp3) is 0.211. The summed E-state index contributed by atoms with van der Waals surface area (Å²) >= 11 is 0.798. The first kappa shape index (κ1) is 22.3. The molecule has 1 amide bonds. The van der Waals surface area contributed by atoms with E-state index < -0.39 is 50.1 Å². The van der Waals surface area contributed by atoms with Crippen molar-refractivity contribution in [2.24, 2.45) is 0 Å². The minimum absolute atomic E-state index is 0.0751. The summed E-state index contributed by atoms with van der Waals surface area (Å²) in [4.78, 5) is 11.7. The van der Waals surface area contributed by atoms with E-state index in [4.69, 9.17) is 0 Å². The SMILES string of the molecule is O=C(Nc1ccc(F)cc1F)c1nnc([C@@H]2CCCN2S(=O)(=O)c2ccc(F)cc2F)s1. The first-order valence-corrected chi connectivity index (χ1v) is 11.5. The van der Waals surface area contributed by atoms with Gasteiger partial charge in [0.05, 0.1) is 11.7 Å². The Bertz CT molecular complexity index is 1300. The minimum atomic E-state index is -4.31. The molecule has 32 heavy (non-hydrogen) atoms. The van der Waals surface area contributed by atoms with Crippen LogP contribution < -0.4 is 5.32 Å². The molecular weight excluding hydrogens is 472 g/mol. The van der Waals surface area contributed by atoms with Gasteiger partial charge in [0, 0.05) is 18.7 Å². The van der Waals surface area contributed by atoms with Crippen LogP contribution in [0.2, 0.25) is 0 Å². The number of nitrogens with zero attached hydrogens (tertiary/aromatic N) is 3. The molecule has 0 spiro atoms. The number of anilines is 1. The second-order valence-corrected chi connectivity index (χ2v) is 9.74. The van der Waals surface area contributed by atoms with Gasteiger partial charge in [-0.15, -0.1) is 10.2 Å². The zero-order chi connectivity index (χ0) is 23.0. The van der Waals surface area contributed by atoms with Gasteiger partial charge in [-0.1, -0.05) is 11.3 Å². The van der Waals surface area contributed by atoms with Crippen LogP contribution in [0.5, 0.6) is 0 Å². The standard InChI is InChI=1S/C19H14F4N4O3S2/c20-10-3-5-14(12(22)8-10)24-17(28)19-26-25-18(31-19)15-2-1-7-27(15)32(29,30)16-6-4-11(21)9-13(16)23/h3-6,8-9,15H,1-2,7H2,(H,24,28)/t15-/m0/s1. The minimum Gasteiger partial charge on any atom is -0.317 e. The molecule has 0 radical (unpaired) electrons. The number of benzene rings is 2. The van der Waals surface area contributed by atoms with Crippen molar-refractivity contribution in [1.82, 2.24) is 14.5 Å². The summed E-state index contributed by atoms with van der Waals surface area (Å²) in [5.41, 5.74) is -0.259. The van der Waals surface area contributed by atoms with E-state index in [2.05, 4.69) is 15.5 Å². The van der Waals surface area contributed by atoms with Crippen LogP contribution in [0.15, 0.2) is 41.3 Å². The summed E-state index contributed by atoms with van der Waals surface area (Å²) in [6, 6.07) is 4.02. The van der Waals surface area contributed by atoms with Crippen LogP contribution >= 0.6 is 11.3 Å². The van der Waals surface area contributed by atoms with Crippen LogP contribution in [0.4, 0.5) is 23.2 Å². The number of carbonyl (C=O) groups excluding carboxylic acids is 1. The summed E-state index contributed by atoms with van der Waals surface area (Å²) in [5.74, 6) is -4.71. The Morgan fingerprint density at radius 1 is 1.03 bits per heavy atom. The molecule has 3 aromatic rings. The Morgan fingerprint density at radius 3 is 2.41 bits per heavy atom. The number of hydrogen-bond acceptors (Lipinski definition) is 6. The van der Waals surface area contributed by atoms with Crippen molar-refractivity contribution in [3.8, 4) is 0 Å². The van der Waals surface area contributed by atoms with Crippen LogP contribution in [0.3, 0.4) is 0 Å². The highest BCUT2D eigenvalue weighted by Gasteiger charge is 2.39. The summed E-state index contributed by atoms with van der Waals surface area (Å²) in [6.45, 7) is 0.0751. The van der Waals surface area contributed by atoms with E-state index in [1.807, 2.05) is 0 Å². The average Bonchev–Trinajstić information content (AvgIpc) is 3.39. The number of hydrogen-bond donors (Lipinski definition) is 1. The number of carbonyl (C=O) groups is 1. The molecule has 2 aromatic carbocycles. The highest BCUT2D eigenvalue weighted by Crippen LogP contribution is 2.38. The molecule has 1 aliphatic rings. The molecule has 1 fully saturated rings. The lowest BCUT2D eigenvalue weighted by atomic mass is 10.2. The first-order valence-electron chi connectivity index (χ1n) is 9.23. The zero-order valence-electron chi connectivity index (χ0n) is 16.1. The molecule has 168 valence electrons. The Balaban J connectivity index is 1.57. The van der Waals surface area contributed by atoms with Gasteiger partial charge in [-0.25, -0.2) is 26.0 Å². The van der Waals surface area contributed by atoms with Gasteiger partial charge in [0.25, 0.3) is 5.91 Å². The van der Waals surface area contributed by atoms with E-state index in [1.54, 1.807) is 0 Å². The van der Waals surface area contributed by atoms with Crippen molar-refractivity contribution in [1.29, 1.82) is 0 Å². The molecule has 13 heteroatoms. The third-order valence-electron chi connectivity index (χ3n) is 4.78. The fourth-order valence-corrected chi connectivity index (χ4v) is 5.97. The van der Waals surface area contributed by atoms with E-state index in [0.717, 1.165) is 39.9 Å². The molecule has 7 nitrogen and oxygen atoms in total. The molecule has 0 saturated carbocycles. The van der Waals surface area contributed by atoms with E-state index in [0.29, 0.717) is 25.0 Å². The van der Waals surface area contributed by atoms with Gasteiger partial charge in [-0.05, 0) is 37.1 Å². The summed E-state index contributed by atoms with van der Waals surface area (Å²) in [6.07, 6.45) is 0.805. The molecule has 2 heterocycles. The maximum atomic E-state index is 14.1. The second-order valence-electron chi connectivity index (χ2n) is 6.87. The van der Waals surface area contributed by atoms with Crippen LogP contribution in [-0.4, -0.2) is 35.4 Å². The maximum Gasteiger partial charge on any atom is 0.286 e. The van der Waals surface area contributed by atoms with Crippen LogP contribution in [-0.2, 0) is 10.0 Å². The molecule has 4 rings (SSSR count). The first-order chi connectivity index (χ1) is 15.2. The molecule has 0 aliphatic carbocycles. The third kappa shape index (κ3) is 4.23. The lowest BCUT2D eigenvalue weighted by Gasteiger charge is -2.22. The smallest absolute Gasteiger partial charge is 0.286 e. The van der Waals surface area contributed by atoms with Crippen LogP contribution in [0.1, 0.15) is 33.7 Å². The highest BCUT2D eigenvalue weighted by molar-refractivity contribution is 7.89. The van der Waals surface area contributed by atoms with Crippen molar-refractivity contribution >= 4 is 33.0 Å². The normalized spacial score (nSPS) is 16.9. The number of amides is 1. The van der Waals surface area contributed by atoms with Crippen molar-refractivity contribution < 1.29 is 30.8 Å². The van der Waals surface area contributed by atoms with Gasteiger partial charge in [-0.3, -0.25) is 4.79 Å². The number of nitrogens with one attached hydrogen (secondary N) is 1. The van der Waals surface area contributed by atoms with Crippen molar-refractivity contribution in [3.05, 3.63) is 69.7 Å². The number of sulfonamides is 1. The van der Waals surface area contributed by atoms with Crippen molar-refractivity contribution in [2.45, 2.75) is 23.8 Å². The number of halogens is 4. The third-order valence-corrected chi connectivity index (χ3v) is 7.75. The lowest BCUT2D eigenvalue weighted by Crippen LogP contribution is -2.31. The van der Waals surface area contributed by atoms with Gasteiger partial charge in [0.15, 0.2) is 0 Å². The average molecular weight is 486 g/mol. The molecule has 0 unspecified atom stereocenters. The Hall–Kier alpha value is -2.90. The molecule has 1 saturated heterocycles. The van der Waals surface area contributed by atoms with Gasteiger partial charge < -0.3 is 5.32 Å². The second kappa shape index (κ2) is 8.56. The van der Waals surface area contributed by atoms with E-state index in [-0.39, 0.29) is 22.2 Å². The Morgan fingerprint density at radius 2 is 1.72 bits per heavy atom. The number of rotatable bonds is 5. The Labute approximate surface area is 183 Å². The zero-order valence-corrected chi connectivity index (χ0v) is 17.7.